The van der Waals surface area contributed by atoms with Gasteiger partial charge in [-0.15, -0.1) is 0 Å². The molecule has 0 aromatic heterocycles. The Bertz CT molecular complexity index is 470. The van der Waals surface area contributed by atoms with Gasteiger partial charge >= 0.3 is 0 Å². The van der Waals surface area contributed by atoms with Crippen molar-refractivity contribution in [2.45, 2.75) is 25.7 Å². The van der Waals surface area contributed by atoms with E-state index in [1.807, 2.05) is 18.2 Å². The molecule has 1 aromatic rings. The molecule has 1 aliphatic carbocycles. The van der Waals surface area contributed by atoms with Crippen molar-refractivity contribution < 1.29 is 5.11 Å². The minimum absolute atomic E-state index is 0.274. The zero-order valence-electron chi connectivity index (χ0n) is 10.9. The molecule has 0 amide bonds. The Morgan fingerprint density at radius 2 is 2.05 bits per heavy atom. The highest BCUT2D eigenvalue weighted by Gasteiger charge is 2.24. The molecule has 0 spiro atoms. The normalized spacial score (nSPS) is 22.8. The number of nitriles is 1. The number of nitrogens with one attached hydrogen (secondary N) is 1. The summed E-state index contributed by atoms with van der Waals surface area (Å²) in [4.78, 5) is 0. The molecule has 1 saturated carbocycles. The fourth-order valence-corrected chi connectivity index (χ4v) is 3.16. The molecular formula is C15H19BrN2O. The van der Waals surface area contributed by atoms with Crippen LogP contribution in [0.5, 0.6) is 0 Å². The molecule has 1 aliphatic rings. The Labute approximate surface area is 122 Å². The number of hydrogen-bond acceptors (Lipinski definition) is 3. The van der Waals surface area contributed by atoms with Crippen LogP contribution in [0.4, 0.5) is 5.69 Å². The van der Waals surface area contributed by atoms with Gasteiger partial charge in [0.1, 0.15) is 6.07 Å². The lowest BCUT2D eigenvalue weighted by Crippen LogP contribution is -2.28. The maximum absolute atomic E-state index is 9.42. The van der Waals surface area contributed by atoms with Crippen molar-refractivity contribution in [2.75, 3.05) is 18.5 Å². The van der Waals surface area contributed by atoms with Crippen LogP contribution >= 0.6 is 15.9 Å². The highest BCUT2D eigenvalue weighted by molar-refractivity contribution is 9.10. The van der Waals surface area contributed by atoms with Crippen molar-refractivity contribution in [1.82, 2.24) is 0 Å². The van der Waals surface area contributed by atoms with Gasteiger partial charge in [-0.25, -0.2) is 0 Å². The third kappa shape index (κ3) is 3.71. The van der Waals surface area contributed by atoms with Crippen molar-refractivity contribution >= 4 is 21.6 Å². The number of nitrogens with zero attached hydrogens (tertiary/aromatic N) is 1. The smallest absolute Gasteiger partial charge is 0.101 e. The summed E-state index contributed by atoms with van der Waals surface area (Å²) in [5.41, 5.74) is 1.54. The first kappa shape index (κ1) is 14.4. The van der Waals surface area contributed by atoms with E-state index >= 15 is 0 Å². The van der Waals surface area contributed by atoms with Crippen LogP contribution in [-0.4, -0.2) is 18.3 Å². The molecule has 0 aliphatic heterocycles. The molecule has 0 radical (unpaired) electrons. The summed E-state index contributed by atoms with van der Waals surface area (Å²) in [7, 11) is 0. The van der Waals surface area contributed by atoms with Gasteiger partial charge in [-0.3, -0.25) is 0 Å². The predicted molar refractivity (Wildman–Crippen MR) is 79.9 cm³/mol. The van der Waals surface area contributed by atoms with E-state index in [2.05, 4.69) is 27.3 Å². The van der Waals surface area contributed by atoms with Crippen molar-refractivity contribution in [3.63, 3.8) is 0 Å². The standard InChI is InChI=1S/C15H19BrN2O/c16-14-6-5-11(8-17)15(7-14)18-9-12-3-1-2-4-13(12)10-19/h5-7,12-13,18-19H,1-4,9-10H2. The van der Waals surface area contributed by atoms with Gasteiger partial charge in [-0.1, -0.05) is 28.8 Å². The molecule has 3 nitrogen and oxygen atoms in total. The van der Waals surface area contributed by atoms with Crippen molar-refractivity contribution in [3.05, 3.63) is 28.2 Å². The van der Waals surface area contributed by atoms with Crippen LogP contribution in [0.15, 0.2) is 22.7 Å². The van der Waals surface area contributed by atoms with E-state index < -0.39 is 0 Å². The molecule has 2 rings (SSSR count). The fourth-order valence-electron chi connectivity index (χ4n) is 2.79. The Morgan fingerprint density at radius 1 is 1.32 bits per heavy atom. The second-order valence-corrected chi connectivity index (χ2v) is 6.09. The minimum atomic E-state index is 0.274. The molecule has 2 unspecified atom stereocenters. The maximum atomic E-state index is 9.42. The zero-order valence-corrected chi connectivity index (χ0v) is 12.5. The number of anilines is 1. The lowest BCUT2D eigenvalue weighted by molar-refractivity contribution is 0.141. The molecule has 0 bridgehead atoms. The van der Waals surface area contributed by atoms with E-state index in [1.54, 1.807) is 0 Å². The fraction of sp³-hybridized carbons (Fsp3) is 0.533. The molecule has 19 heavy (non-hydrogen) atoms. The Hall–Kier alpha value is -1.05. The third-order valence-electron chi connectivity index (χ3n) is 3.96. The third-order valence-corrected chi connectivity index (χ3v) is 4.45. The largest absolute Gasteiger partial charge is 0.396 e. The minimum Gasteiger partial charge on any atom is -0.396 e. The van der Waals surface area contributed by atoms with Crippen LogP contribution in [0.2, 0.25) is 0 Å². The lowest BCUT2D eigenvalue weighted by atomic mass is 9.79. The molecule has 0 saturated heterocycles. The maximum Gasteiger partial charge on any atom is 0.101 e. The summed E-state index contributed by atoms with van der Waals surface area (Å²) in [6, 6.07) is 7.83. The van der Waals surface area contributed by atoms with Crippen LogP contribution < -0.4 is 5.32 Å². The average Bonchev–Trinajstić information content (AvgIpc) is 2.45. The van der Waals surface area contributed by atoms with E-state index in [4.69, 9.17) is 5.26 Å². The van der Waals surface area contributed by atoms with Gasteiger partial charge in [-0.2, -0.15) is 5.26 Å². The number of hydrogen-bond donors (Lipinski definition) is 2. The summed E-state index contributed by atoms with van der Waals surface area (Å²) >= 11 is 3.43. The number of rotatable bonds is 4. The number of aliphatic hydroxyl groups excluding tert-OH is 1. The topological polar surface area (TPSA) is 56.0 Å². The average molecular weight is 323 g/mol. The van der Waals surface area contributed by atoms with Crippen molar-refractivity contribution in [3.8, 4) is 6.07 Å². The molecule has 1 aromatic carbocycles. The van der Waals surface area contributed by atoms with Crippen molar-refractivity contribution in [1.29, 1.82) is 5.26 Å². The zero-order chi connectivity index (χ0) is 13.7. The Morgan fingerprint density at radius 3 is 2.74 bits per heavy atom. The summed E-state index contributed by atoms with van der Waals surface area (Å²) in [6.07, 6.45) is 4.75. The highest BCUT2D eigenvalue weighted by Crippen LogP contribution is 2.30. The monoisotopic (exact) mass is 322 g/mol. The number of benzene rings is 1. The van der Waals surface area contributed by atoms with E-state index in [1.165, 1.54) is 12.8 Å². The quantitative estimate of drug-likeness (QED) is 0.891. The summed E-state index contributed by atoms with van der Waals surface area (Å²) in [6.45, 7) is 1.10. The Balaban J connectivity index is 2.01. The van der Waals surface area contributed by atoms with E-state index in [-0.39, 0.29) is 6.61 Å². The van der Waals surface area contributed by atoms with Gasteiger partial charge in [0.15, 0.2) is 0 Å². The van der Waals surface area contributed by atoms with Crippen molar-refractivity contribution in [2.24, 2.45) is 11.8 Å². The van der Waals surface area contributed by atoms with Crippen LogP contribution in [0.1, 0.15) is 31.2 Å². The summed E-state index contributed by atoms with van der Waals surface area (Å²) in [5, 5.41) is 21.9. The molecule has 0 heterocycles. The van der Waals surface area contributed by atoms with Gasteiger partial charge in [0.05, 0.1) is 11.3 Å². The molecule has 1 fully saturated rings. The van der Waals surface area contributed by atoms with Gasteiger partial charge in [0.25, 0.3) is 0 Å². The van der Waals surface area contributed by atoms with Crippen LogP contribution in [0, 0.1) is 23.2 Å². The first-order valence-electron chi connectivity index (χ1n) is 6.79. The predicted octanol–water partition coefficient (Wildman–Crippen LogP) is 3.53. The van der Waals surface area contributed by atoms with E-state index in [9.17, 15) is 5.11 Å². The molecule has 2 N–H and O–H groups in total. The van der Waals surface area contributed by atoms with Crippen LogP contribution in [0.25, 0.3) is 0 Å². The summed E-state index contributed by atoms with van der Waals surface area (Å²) < 4.78 is 0.969. The highest BCUT2D eigenvalue weighted by atomic mass is 79.9. The number of halogens is 1. The molecular weight excluding hydrogens is 304 g/mol. The van der Waals surface area contributed by atoms with E-state index in [0.29, 0.717) is 17.4 Å². The van der Waals surface area contributed by atoms with Crippen LogP contribution in [-0.2, 0) is 0 Å². The molecule has 4 heteroatoms. The Kier molecular flexibility index (Phi) is 5.24. The molecule has 102 valence electrons. The first-order valence-corrected chi connectivity index (χ1v) is 7.58. The second-order valence-electron chi connectivity index (χ2n) is 5.17. The van der Waals surface area contributed by atoms with Crippen LogP contribution in [0.3, 0.4) is 0 Å². The lowest BCUT2D eigenvalue weighted by Gasteiger charge is -2.30. The number of aliphatic hydroxyl groups is 1. The first-order chi connectivity index (χ1) is 9.24. The van der Waals surface area contributed by atoms with E-state index in [0.717, 1.165) is 29.5 Å². The van der Waals surface area contributed by atoms with Gasteiger partial charge < -0.3 is 10.4 Å². The second kappa shape index (κ2) is 6.93. The SMILES string of the molecule is N#Cc1ccc(Br)cc1NCC1CCCCC1CO. The van der Waals surface area contributed by atoms with Gasteiger partial charge in [-0.05, 0) is 42.9 Å². The van der Waals surface area contributed by atoms with Gasteiger partial charge in [0, 0.05) is 17.6 Å². The molecule has 2 atom stereocenters. The summed E-state index contributed by atoms with van der Waals surface area (Å²) in [5.74, 6) is 0.906. The van der Waals surface area contributed by atoms with Gasteiger partial charge in [0.2, 0.25) is 0 Å².